The van der Waals surface area contributed by atoms with Crippen LogP contribution in [0.1, 0.15) is 15.9 Å². The Morgan fingerprint density at radius 3 is 2.52 bits per heavy atom. The summed E-state index contributed by atoms with van der Waals surface area (Å²) in [4.78, 5) is 12.8. The van der Waals surface area contributed by atoms with E-state index in [1.807, 2.05) is 47.0 Å². The van der Waals surface area contributed by atoms with Gasteiger partial charge < -0.3 is 13.9 Å². The van der Waals surface area contributed by atoms with Gasteiger partial charge in [-0.3, -0.25) is 9.36 Å². The standard InChI is InChI=1S/C23H21N3O4S/c1-28-19-11-10-17(13-21(19)29-2)18(27)15-31-23-25-24-22(20-9-6-12-30-20)26(23)14-16-7-4-3-5-8-16/h3-13H,14-15H2,1-2H3. The zero-order valence-corrected chi connectivity index (χ0v) is 18.0. The zero-order chi connectivity index (χ0) is 21.6. The van der Waals surface area contributed by atoms with Crippen molar-refractivity contribution in [1.82, 2.24) is 14.8 Å². The summed E-state index contributed by atoms with van der Waals surface area (Å²) in [5.74, 6) is 2.51. The summed E-state index contributed by atoms with van der Waals surface area (Å²) in [5.41, 5.74) is 1.65. The first kappa shape index (κ1) is 20.7. The molecule has 0 spiro atoms. The van der Waals surface area contributed by atoms with Gasteiger partial charge in [-0.2, -0.15) is 0 Å². The molecule has 4 rings (SSSR count). The summed E-state index contributed by atoms with van der Waals surface area (Å²) in [7, 11) is 3.11. The van der Waals surface area contributed by atoms with Gasteiger partial charge in [-0.05, 0) is 35.9 Å². The van der Waals surface area contributed by atoms with Gasteiger partial charge >= 0.3 is 0 Å². The Bertz CT molecular complexity index is 1160. The molecule has 158 valence electrons. The highest BCUT2D eigenvalue weighted by molar-refractivity contribution is 7.99. The topological polar surface area (TPSA) is 79.4 Å². The van der Waals surface area contributed by atoms with Gasteiger partial charge in [-0.25, -0.2) is 0 Å². The summed E-state index contributed by atoms with van der Waals surface area (Å²) in [6, 6.07) is 18.8. The van der Waals surface area contributed by atoms with Gasteiger partial charge in [0.15, 0.2) is 28.2 Å². The van der Waals surface area contributed by atoms with Crippen molar-refractivity contribution in [2.75, 3.05) is 20.0 Å². The predicted molar refractivity (Wildman–Crippen MR) is 118 cm³/mol. The third-order valence-electron chi connectivity index (χ3n) is 4.68. The first-order valence-corrected chi connectivity index (χ1v) is 10.6. The van der Waals surface area contributed by atoms with Crippen LogP contribution in [0, 0.1) is 0 Å². The van der Waals surface area contributed by atoms with Gasteiger partial charge in [0.2, 0.25) is 5.82 Å². The Hall–Kier alpha value is -3.52. The fraction of sp³-hybridized carbons (Fsp3) is 0.174. The molecule has 7 nitrogen and oxygen atoms in total. The monoisotopic (exact) mass is 435 g/mol. The van der Waals surface area contributed by atoms with Crippen LogP contribution in [0.25, 0.3) is 11.6 Å². The lowest BCUT2D eigenvalue weighted by Gasteiger charge is -2.10. The van der Waals surface area contributed by atoms with Crippen LogP contribution >= 0.6 is 11.8 Å². The van der Waals surface area contributed by atoms with E-state index in [1.165, 1.54) is 11.8 Å². The summed E-state index contributed by atoms with van der Waals surface area (Å²) in [6.45, 7) is 0.566. The van der Waals surface area contributed by atoms with E-state index in [2.05, 4.69) is 10.2 Å². The minimum Gasteiger partial charge on any atom is -0.493 e. The van der Waals surface area contributed by atoms with Crippen molar-refractivity contribution in [3.05, 3.63) is 78.1 Å². The second kappa shape index (κ2) is 9.53. The average molecular weight is 436 g/mol. The molecule has 0 amide bonds. The van der Waals surface area contributed by atoms with Gasteiger partial charge in [0.1, 0.15) is 0 Å². The van der Waals surface area contributed by atoms with E-state index in [-0.39, 0.29) is 11.5 Å². The number of methoxy groups -OCH3 is 2. The SMILES string of the molecule is COc1ccc(C(=O)CSc2nnc(-c3ccco3)n2Cc2ccccc2)cc1OC. The molecule has 4 aromatic rings. The third kappa shape index (κ3) is 4.64. The number of rotatable bonds is 9. The van der Waals surface area contributed by atoms with Crippen molar-refractivity contribution in [1.29, 1.82) is 0 Å². The van der Waals surface area contributed by atoms with Crippen LogP contribution in [0.4, 0.5) is 0 Å². The van der Waals surface area contributed by atoms with Crippen molar-refractivity contribution in [2.45, 2.75) is 11.7 Å². The lowest BCUT2D eigenvalue weighted by Crippen LogP contribution is -2.07. The number of hydrogen-bond acceptors (Lipinski definition) is 7. The fourth-order valence-corrected chi connectivity index (χ4v) is 3.95. The van der Waals surface area contributed by atoms with Gasteiger partial charge in [-0.1, -0.05) is 42.1 Å². The average Bonchev–Trinajstić information content (AvgIpc) is 3.47. The molecule has 0 N–H and O–H groups in total. The molecule has 0 atom stereocenters. The minimum atomic E-state index is -0.0419. The molecule has 8 heteroatoms. The van der Waals surface area contributed by atoms with Gasteiger partial charge in [0.25, 0.3) is 0 Å². The predicted octanol–water partition coefficient (Wildman–Crippen LogP) is 4.58. The molecule has 0 aliphatic rings. The molecule has 0 radical (unpaired) electrons. The van der Waals surface area contributed by atoms with Gasteiger partial charge in [-0.15, -0.1) is 10.2 Å². The zero-order valence-electron chi connectivity index (χ0n) is 17.1. The Kier molecular flexibility index (Phi) is 6.37. The smallest absolute Gasteiger partial charge is 0.200 e. The number of ketones is 1. The van der Waals surface area contributed by atoms with E-state index in [0.717, 1.165) is 5.56 Å². The van der Waals surface area contributed by atoms with Crippen LogP contribution in [0.5, 0.6) is 11.5 Å². The number of ether oxygens (including phenoxy) is 2. The molecule has 0 unspecified atom stereocenters. The normalized spacial score (nSPS) is 10.8. The maximum atomic E-state index is 12.8. The van der Waals surface area contributed by atoms with Gasteiger partial charge in [0.05, 0.1) is 32.8 Å². The Labute approximate surface area is 184 Å². The number of carbonyl (C=O) groups is 1. The number of furan rings is 1. The third-order valence-corrected chi connectivity index (χ3v) is 5.65. The molecule has 0 aliphatic carbocycles. The summed E-state index contributed by atoms with van der Waals surface area (Å²) < 4.78 is 18.0. The number of hydrogen-bond donors (Lipinski definition) is 0. The molecule has 31 heavy (non-hydrogen) atoms. The van der Waals surface area contributed by atoms with E-state index < -0.39 is 0 Å². The summed E-state index contributed by atoms with van der Waals surface area (Å²) >= 11 is 1.34. The van der Waals surface area contributed by atoms with E-state index in [4.69, 9.17) is 13.9 Å². The number of carbonyl (C=O) groups excluding carboxylic acids is 1. The minimum absolute atomic E-state index is 0.0419. The van der Waals surface area contributed by atoms with Crippen molar-refractivity contribution < 1.29 is 18.7 Å². The molecule has 0 saturated carbocycles. The Morgan fingerprint density at radius 1 is 1.00 bits per heavy atom. The van der Waals surface area contributed by atoms with Crippen molar-refractivity contribution in [2.24, 2.45) is 0 Å². The molecule has 0 bridgehead atoms. The second-order valence-electron chi connectivity index (χ2n) is 6.64. The van der Waals surface area contributed by atoms with E-state index in [1.54, 1.807) is 38.7 Å². The van der Waals surface area contributed by atoms with Crippen LogP contribution < -0.4 is 9.47 Å². The van der Waals surface area contributed by atoms with Gasteiger partial charge in [0, 0.05) is 5.56 Å². The van der Waals surface area contributed by atoms with Crippen LogP contribution in [-0.2, 0) is 6.54 Å². The first-order valence-electron chi connectivity index (χ1n) is 9.58. The van der Waals surface area contributed by atoms with Crippen LogP contribution in [-0.4, -0.2) is 40.5 Å². The largest absolute Gasteiger partial charge is 0.493 e. The number of aromatic nitrogens is 3. The van der Waals surface area contributed by atoms with E-state index in [0.29, 0.717) is 40.3 Å². The first-order chi connectivity index (χ1) is 15.2. The molecule has 0 aliphatic heterocycles. The fourth-order valence-electron chi connectivity index (χ4n) is 3.12. The molecular formula is C23H21N3O4S. The Morgan fingerprint density at radius 2 is 1.81 bits per heavy atom. The molecular weight excluding hydrogens is 414 g/mol. The second-order valence-corrected chi connectivity index (χ2v) is 7.58. The molecule has 2 aromatic heterocycles. The van der Waals surface area contributed by atoms with Crippen molar-refractivity contribution in [3.63, 3.8) is 0 Å². The molecule has 2 heterocycles. The highest BCUT2D eigenvalue weighted by atomic mass is 32.2. The van der Waals surface area contributed by atoms with E-state index >= 15 is 0 Å². The summed E-state index contributed by atoms with van der Waals surface area (Å²) in [6.07, 6.45) is 1.60. The lowest BCUT2D eigenvalue weighted by atomic mass is 10.1. The van der Waals surface area contributed by atoms with Crippen molar-refractivity contribution in [3.8, 4) is 23.1 Å². The number of thioether (sulfide) groups is 1. The summed E-state index contributed by atoms with van der Waals surface area (Å²) in [5, 5.41) is 9.26. The van der Waals surface area contributed by atoms with Crippen LogP contribution in [0.3, 0.4) is 0 Å². The molecule has 2 aromatic carbocycles. The highest BCUT2D eigenvalue weighted by Crippen LogP contribution is 2.29. The number of nitrogens with zero attached hydrogens (tertiary/aromatic N) is 3. The maximum absolute atomic E-state index is 12.8. The highest BCUT2D eigenvalue weighted by Gasteiger charge is 2.19. The lowest BCUT2D eigenvalue weighted by molar-refractivity contribution is 0.102. The van der Waals surface area contributed by atoms with Crippen LogP contribution in [0.15, 0.2) is 76.5 Å². The maximum Gasteiger partial charge on any atom is 0.200 e. The molecule has 0 saturated heterocycles. The quantitative estimate of drug-likeness (QED) is 0.281. The molecule has 0 fully saturated rings. The van der Waals surface area contributed by atoms with Crippen LogP contribution in [0.2, 0.25) is 0 Å². The Balaban J connectivity index is 1.56. The number of Topliss-reactive ketones (excluding diaryl/α,β-unsaturated/α-hetero) is 1. The number of benzene rings is 2. The van der Waals surface area contributed by atoms with E-state index in [9.17, 15) is 4.79 Å². The van der Waals surface area contributed by atoms with Crippen molar-refractivity contribution >= 4 is 17.5 Å².